The van der Waals surface area contributed by atoms with Crippen LogP contribution in [0.2, 0.25) is 0 Å². The molecule has 6 nitrogen and oxygen atoms in total. The van der Waals surface area contributed by atoms with Crippen LogP contribution in [0, 0.1) is 0 Å². The van der Waals surface area contributed by atoms with Crippen molar-refractivity contribution in [3.05, 3.63) is 0 Å². The highest BCUT2D eigenvalue weighted by atomic mass is 16.5. The number of hydrogen-bond donors (Lipinski definition) is 2. The fourth-order valence-corrected chi connectivity index (χ4v) is 5.61. The van der Waals surface area contributed by atoms with Gasteiger partial charge in [0.05, 0.1) is 24.4 Å². The Morgan fingerprint density at radius 3 is 1.89 bits per heavy atom. The summed E-state index contributed by atoms with van der Waals surface area (Å²) in [5, 5.41) is 12.8. The number of nitrogens with zero attached hydrogens (tertiary/aromatic N) is 1. The molecule has 0 aliphatic carbocycles. The van der Waals surface area contributed by atoms with Gasteiger partial charge in [0.15, 0.2) is 0 Å². The number of hydrogen-bond acceptors (Lipinski definition) is 5. The van der Waals surface area contributed by atoms with E-state index in [0.717, 1.165) is 51.4 Å². The molecule has 0 aromatic rings. The molecule has 3 aliphatic rings. The first-order chi connectivity index (χ1) is 13.4. The standard InChI is InChI=1S/C22H40N2O4/c1-14-9-20(10-15(2)23-14)27-16(3)5-6-17(4)28-21-11-18-7-8-19(12-21)24(18)22(26)13-25/h14-21,23,25H,5-13H2,1-4H3. The lowest BCUT2D eigenvalue weighted by Crippen LogP contribution is -2.50. The Hall–Kier alpha value is -0.690. The van der Waals surface area contributed by atoms with E-state index in [2.05, 4.69) is 33.0 Å². The predicted octanol–water partition coefficient (Wildman–Crippen LogP) is 2.62. The quantitative estimate of drug-likeness (QED) is 0.660. The number of amides is 1. The van der Waals surface area contributed by atoms with Crippen molar-refractivity contribution >= 4 is 5.91 Å². The summed E-state index contributed by atoms with van der Waals surface area (Å²) in [6.45, 7) is 8.44. The van der Waals surface area contributed by atoms with Crippen molar-refractivity contribution in [2.75, 3.05) is 6.61 Å². The molecule has 6 atom stereocenters. The number of nitrogens with one attached hydrogen (secondary N) is 1. The summed E-state index contributed by atoms with van der Waals surface area (Å²) in [4.78, 5) is 13.9. The van der Waals surface area contributed by atoms with Gasteiger partial charge >= 0.3 is 0 Å². The van der Waals surface area contributed by atoms with Crippen molar-refractivity contribution in [2.24, 2.45) is 0 Å². The third kappa shape index (κ3) is 5.68. The van der Waals surface area contributed by atoms with E-state index >= 15 is 0 Å². The Labute approximate surface area is 170 Å². The van der Waals surface area contributed by atoms with E-state index in [9.17, 15) is 9.90 Å². The molecule has 6 unspecified atom stereocenters. The topological polar surface area (TPSA) is 71.0 Å². The van der Waals surface area contributed by atoms with E-state index in [0.29, 0.717) is 18.2 Å². The molecule has 1 amide bonds. The van der Waals surface area contributed by atoms with Gasteiger partial charge in [0.25, 0.3) is 0 Å². The Morgan fingerprint density at radius 1 is 0.964 bits per heavy atom. The SMILES string of the molecule is CC1CC(OC(C)CCC(C)OC2CC3CCC(C2)N3C(=O)CO)CC(C)N1. The van der Waals surface area contributed by atoms with E-state index in [1.54, 1.807) is 0 Å². The number of rotatable bonds is 8. The molecule has 0 aromatic carbocycles. The zero-order chi connectivity index (χ0) is 20.3. The highest BCUT2D eigenvalue weighted by Crippen LogP contribution is 2.37. The molecule has 2 N–H and O–H groups in total. The van der Waals surface area contributed by atoms with Crippen LogP contribution in [0.25, 0.3) is 0 Å². The smallest absolute Gasteiger partial charge is 0.248 e. The second-order valence-electron chi connectivity index (χ2n) is 9.47. The van der Waals surface area contributed by atoms with Gasteiger partial charge in [0, 0.05) is 24.2 Å². The van der Waals surface area contributed by atoms with Crippen molar-refractivity contribution in [2.45, 2.75) is 128 Å². The lowest BCUT2D eigenvalue weighted by atomic mass is 9.97. The lowest BCUT2D eigenvalue weighted by Gasteiger charge is -2.39. The molecule has 3 heterocycles. The zero-order valence-electron chi connectivity index (χ0n) is 18.1. The first-order valence-electron chi connectivity index (χ1n) is 11.3. The summed E-state index contributed by atoms with van der Waals surface area (Å²) in [6, 6.07) is 1.56. The number of ether oxygens (including phenoxy) is 2. The minimum Gasteiger partial charge on any atom is -0.387 e. The number of aliphatic hydroxyl groups is 1. The molecule has 0 aromatic heterocycles. The maximum atomic E-state index is 12.0. The molecule has 162 valence electrons. The first-order valence-corrected chi connectivity index (χ1v) is 11.3. The van der Waals surface area contributed by atoms with Crippen molar-refractivity contribution < 1.29 is 19.4 Å². The van der Waals surface area contributed by atoms with E-state index in [1.165, 1.54) is 0 Å². The van der Waals surface area contributed by atoms with Gasteiger partial charge in [-0.15, -0.1) is 0 Å². The minimum atomic E-state index is -0.374. The molecule has 3 aliphatic heterocycles. The molecule has 2 bridgehead atoms. The fourth-order valence-electron chi connectivity index (χ4n) is 5.61. The van der Waals surface area contributed by atoms with Crippen molar-refractivity contribution in [3.8, 4) is 0 Å². The third-order valence-electron chi connectivity index (χ3n) is 6.74. The Kier molecular flexibility index (Phi) is 7.76. The van der Waals surface area contributed by atoms with Crippen LogP contribution < -0.4 is 5.32 Å². The van der Waals surface area contributed by atoms with Crippen LogP contribution in [-0.2, 0) is 14.3 Å². The fraction of sp³-hybridized carbons (Fsp3) is 0.955. The molecular formula is C22H40N2O4. The van der Waals surface area contributed by atoms with E-state index in [-0.39, 0.29) is 42.9 Å². The summed E-state index contributed by atoms with van der Waals surface area (Å²) < 4.78 is 12.6. The van der Waals surface area contributed by atoms with Crippen LogP contribution in [-0.4, -0.2) is 71.1 Å². The normalized spacial score (nSPS) is 37.7. The monoisotopic (exact) mass is 396 g/mol. The van der Waals surface area contributed by atoms with Crippen molar-refractivity contribution in [1.29, 1.82) is 0 Å². The summed E-state index contributed by atoms with van der Waals surface area (Å²) >= 11 is 0. The molecular weight excluding hydrogens is 356 g/mol. The van der Waals surface area contributed by atoms with Crippen LogP contribution in [0.3, 0.4) is 0 Å². The largest absolute Gasteiger partial charge is 0.387 e. The molecule has 3 fully saturated rings. The summed E-state index contributed by atoms with van der Waals surface area (Å²) in [5.74, 6) is -0.119. The Bertz CT molecular complexity index is 493. The Balaban J connectivity index is 1.37. The molecule has 0 radical (unpaired) electrons. The number of carbonyl (C=O) groups excluding carboxylic acids is 1. The number of carbonyl (C=O) groups is 1. The number of aliphatic hydroxyl groups excluding tert-OH is 1. The first kappa shape index (κ1) is 22.0. The molecule has 0 saturated carbocycles. The van der Waals surface area contributed by atoms with Crippen LogP contribution in [0.4, 0.5) is 0 Å². The molecule has 3 saturated heterocycles. The zero-order valence-corrected chi connectivity index (χ0v) is 18.1. The van der Waals surface area contributed by atoms with Gasteiger partial charge in [-0.1, -0.05) is 0 Å². The molecule has 6 heteroatoms. The van der Waals surface area contributed by atoms with E-state index in [4.69, 9.17) is 9.47 Å². The summed E-state index contributed by atoms with van der Waals surface area (Å²) in [5.41, 5.74) is 0. The van der Waals surface area contributed by atoms with Crippen LogP contribution in [0.15, 0.2) is 0 Å². The van der Waals surface area contributed by atoms with Crippen molar-refractivity contribution in [1.82, 2.24) is 10.2 Å². The van der Waals surface area contributed by atoms with Crippen LogP contribution in [0.1, 0.15) is 79.1 Å². The highest BCUT2D eigenvalue weighted by molar-refractivity contribution is 5.78. The number of fused-ring (bicyclic) bond motifs is 2. The number of piperidine rings is 2. The second kappa shape index (κ2) is 9.88. The molecule has 28 heavy (non-hydrogen) atoms. The maximum absolute atomic E-state index is 12.0. The van der Waals surface area contributed by atoms with Gasteiger partial charge in [-0.25, -0.2) is 0 Å². The Morgan fingerprint density at radius 2 is 1.43 bits per heavy atom. The van der Waals surface area contributed by atoms with Gasteiger partial charge in [0.2, 0.25) is 5.91 Å². The molecule has 0 spiro atoms. The summed E-state index contributed by atoms with van der Waals surface area (Å²) in [6.07, 6.45) is 9.17. The lowest BCUT2D eigenvalue weighted by molar-refractivity contribution is -0.142. The van der Waals surface area contributed by atoms with E-state index in [1.807, 2.05) is 4.90 Å². The minimum absolute atomic E-state index is 0.119. The van der Waals surface area contributed by atoms with Gasteiger partial charge in [-0.2, -0.15) is 0 Å². The average molecular weight is 397 g/mol. The van der Waals surface area contributed by atoms with Gasteiger partial charge in [-0.05, 0) is 79.1 Å². The maximum Gasteiger partial charge on any atom is 0.248 e. The van der Waals surface area contributed by atoms with Gasteiger partial charge < -0.3 is 24.8 Å². The molecule has 3 rings (SSSR count). The van der Waals surface area contributed by atoms with Gasteiger partial charge in [-0.3, -0.25) is 4.79 Å². The second-order valence-corrected chi connectivity index (χ2v) is 9.47. The van der Waals surface area contributed by atoms with E-state index < -0.39 is 0 Å². The third-order valence-corrected chi connectivity index (χ3v) is 6.74. The van der Waals surface area contributed by atoms with Crippen molar-refractivity contribution in [3.63, 3.8) is 0 Å². The summed E-state index contributed by atoms with van der Waals surface area (Å²) in [7, 11) is 0. The predicted molar refractivity (Wildman–Crippen MR) is 109 cm³/mol. The van der Waals surface area contributed by atoms with Crippen LogP contribution >= 0.6 is 0 Å². The average Bonchev–Trinajstić information content (AvgIpc) is 2.89. The van der Waals surface area contributed by atoms with Gasteiger partial charge in [0.1, 0.15) is 6.61 Å². The van der Waals surface area contributed by atoms with Crippen LogP contribution in [0.5, 0.6) is 0 Å². The highest BCUT2D eigenvalue weighted by Gasteiger charge is 2.43.